The maximum absolute atomic E-state index is 12.6. The fraction of sp³-hybridized carbons (Fsp3) is 0. The summed E-state index contributed by atoms with van der Waals surface area (Å²) in [5.74, 6) is -4.93. The zero-order valence-corrected chi connectivity index (χ0v) is 34.6. The van der Waals surface area contributed by atoms with Crippen molar-refractivity contribution in [2.24, 2.45) is 0 Å². The van der Waals surface area contributed by atoms with Gasteiger partial charge in [0.25, 0.3) is 0 Å². The van der Waals surface area contributed by atoms with Gasteiger partial charge in [-0.1, -0.05) is 95.9 Å². The summed E-state index contributed by atoms with van der Waals surface area (Å²) in [4.78, 5) is 14.2. The van der Waals surface area contributed by atoms with E-state index in [-0.39, 0.29) is 76.7 Å². The van der Waals surface area contributed by atoms with Crippen molar-refractivity contribution >= 4 is 117 Å². The molecule has 7 aromatic carbocycles. The smallest absolute Gasteiger partial charge is 0.235 e. The number of rotatable bonds is 4. The lowest BCUT2D eigenvalue weighted by Crippen LogP contribution is -2.31. The van der Waals surface area contributed by atoms with Crippen molar-refractivity contribution in [2.75, 3.05) is 0 Å². The predicted octanol–water partition coefficient (Wildman–Crippen LogP) is 3.36. The number of nitrogens with zero attached hydrogens (tertiary/aromatic N) is 3. The second kappa shape index (κ2) is 14.3. The lowest BCUT2D eigenvalue weighted by atomic mass is 9.73. The van der Waals surface area contributed by atoms with Gasteiger partial charge in [0.05, 0.1) is 5.39 Å². The van der Waals surface area contributed by atoms with Gasteiger partial charge in [0.2, 0.25) is 11.3 Å². The average Bonchev–Trinajstić information content (AvgIpc) is 3.70. The number of hydrogen-bond donors (Lipinski definition) is 8. The molecule has 0 aliphatic carbocycles. The Labute approximate surface area is 363 Å². The first kappa shape index (κ1) is 39.2. The van der Waals surface area contributed by atoms with Crippen molar-refractivity contribution in [1.82, 2.24) is 15.0 Å². The van der Waals surface area contributed by atoms with Crippen LogP contribution in [0.3, 0.4) is 0 Å². The number of aromatic nitrogens is 3. The van der Waals surface area contributed by atoms with E-state index in [1.165, 1.54) is 15.7 Å². The lowest BCUT2D eigenvalue weighted by molar-refractivity contribution is 0.0896. The molecule has 0 radical (unpaired) electrons. The third-order valence-electron chi connectivity index (χ3n) is 11.8. The van der Waals surface area contributed by atoms with E-state index < -0.39 is 51.4 Å². The number of phenols is 8. The van der Waals surface area contributed by atoms with Crippen LogP contribution in [0.1, 0.15) is 0 Å². The molecule has 0 fully saturated rings. The van der Waals surface area contributed by atoms with Crippen molar-refractivity contribution in [3.63, 3.8) is 0 Å². The standard InChI is InChI=1S/C45H31B4N3O10S/c46-28-23-25-34(56)37(59)29(47)24-26-32(54)21(53)15-20(41(26)63-42(24)25)22-33(55)27(35(57)38(60)40(22)62-61-39(23)31(49)36(58)30(28)48)45-51-43(18-9-5-2-6-10-18)50-44(52-45)19-13-11-17(12-14-19)16-7-3-1-4-8-16/h1-15,53-60H,46-49H2. The van der Waals surface area contributed by atoms with Gasteiger partial charge in [-0.05, 0) is 28.1 Å². The molecule has 10 aromatic rings. The Morgan fingerprint density at radius 3 is 1.59 bits per heavy atom. The zero-order chi connectivity index (χ0) is 44.2. The minimum Gasteiger partial charge on any atom is -0.509 e. The van der Waals surface area contributed by atoms with Crippen LogP contribution in [-0.2, 0) is 0 Å². The summed E-state index contributed by atoms with van der Waals surface area (Å²) in [6, 6.07) is 27.4. The normalized spacial score (nSPS) is 11.6. The second-order valence-electron chi connectivity index (χ2n) is 15.3. The monoisotopic (exact) mass is 849 g/mol. The molecule has 0 aliphatic heterocycles. The fourth-order valence-corrected chi connectivity index (χ4v) is 9.76. The van der Waals surface area contributed by atoms with Crippen molar-refractivity contribution in [3.8, 4) is 91.3 Å². The van der Waals surface area contributed by atoms with Crippen LogP contribution < -0.4 is 21.9 Å². The largest absolute Gasteiger partial charge is 0.509 e. The predicted molar refractivity (Wildman–Crippen MR) is 255 cm³/mol. The molecule has 0 aliphatic rings. The summed E-state index contributed by atoms with van der Waals surface area (Å²) in [7, 11) is 6.40. The molecule has 63 heavy (non-hydrogen) atoms. The van der Waals surface area contributed by atoms with Gasteiger partial charge < -0.3 is 40.9 Å². The summed E-state index contributed by atoms with van der Waals surface area (Å²) in [6.45, 7) is 0. The van der Waals surface area contributed by atoms with Gasteiger partial charge in [0.1, 0.15) is 48.4 Å². The first-order chi connectivity index (χ1) is 30.3. The number of hydrogen-bond acceptors (Lipinski definition) is 14. The Morgan fingerprint density at radius 1 is 0.397 bits per heavy atom. The van der Waals surface area contributed by atoms with Crippen molar-refractivity contribution in [2.45, 2.75) is 0 Å². The summed E-state index contributed by atoms with van der Waals surface area (Å²) >= 11 is 1.04. The van der Waals surface area contributed by atoms with Gasteiger partial charge >= 0.3 is 0 Å². The number of phenolic OH excluding ortho intramolecular Hbond substituents is 8. The zero-order valence-electron chi connectivity index (χ0n) is 33.8. The van der Waals surface area contributed by atoms with Crippen LogP contribution in [0, 0.1) is 0 Å². The first-order valence-electron chi connectivity index (χ1n) is 19.6. The molecule has 0 amide bonds. The summed E-state index contributed by atoms with van der Waals surface area (Å²) in [5.41, 5.74) is 3.02. The SMILES string of the molecule is Bc1c(O)c(B)c2ooc3c(O)c(O)c(-c4nc(-c5ccccc5)nc(-c5ccc(-c6ccccc6)cc5)n4)c(O)c3c3cc(O)c(O)c4c3sc3c(c(O)c(O)c(B)c34)c2c1B. The van der Waals surface area contributed by atoms with E-state index in [0.29, 0.717) is 26.8 Å². The number of fused-ring (bicyclic) bond motifs is 5. The minimum atomic E-state index is -0.933. The summed E-state index contributed by atoms with van der Waals surface area (Å²) in [5, 5.41) is 94.2. The number of aromatic hydroxyl groups is 8. The Hall–Kier alpha value is -7.97. The molecule has 2 bridgehead atoms. The van der Waals surface area contributed by atoms with Crippen LogP contribution in [0.4, 0.5) is 0 Å². The van der Waals surface area contributed by atoms with Crippen LogP contribution in [0.25, 0.3) is 98.2 Å². The molecule has 18 heteroatoms. The highest BCUT2D eigenvalue weighted by Crippen LogP contribution is 2.55. The Balaban J connectivity index is 1.38. The molecule has 8 N–H and O–H groups in total. The Morgan fingerprint density at radius 2 is 0.937 bits per heavy atom. The van der Waals surface area contributed by atoms with Gasteiger partial charge in [-0.25, -0.2) is 15.0 Å². The molecular formula is C45H31B4N3O10S. The maximum atomic E-state index is 12.6. The molecule has 0 saturated heterocycles. The Kier molecular flexibility index (Phi) is 8.90. The molecule has 0 spiro atoms. The van der Waals surface area contributed by atoms with E-state index in [9.17, 15) is 40.9 Å². The van der Waals surface area contributed by atoms with E-state index in [2.05, 4.69) is 0 Å². The van der Waals surface area contributed by atoms with Gasteiger partial charge in [0.15, 0.2) is 51.8 Å². The molecule has 10 rings (SSSR count). The highest BCUT2D eigenvalue weighted by atomic mass is 32.1. The third kappa shape index (κ3) is 5.78. The maximum Gasteiger partial charge on any atom is 0.235 e. The highest BCUT2D eigenvalue weighted by Gasteiger charge is 2.30. The van der Waals surface area contributed by atoms with Crippen LogP contribution in [-0.4, -0.2) is 87.2 Å². The fourth-order valence-electron chi connectivity index (χ4n) is 8.33. The molecule has 13 nitrogen and oxygen atoms in total. The van der Waals surface area contributed by atoms with E-state index in [1.807, 2.05) is 60.7 Å². The molecule has 0 saturated carbocycles. The summed E-state index contributed by atoms with van der Waals surface area (Å²) < 4.78 is 12.4. The lowest BCUT2D eigenvalue weighted by Gasteiger charge is -2.15. The highest BCUT2D eigenvalue weighted by molar-refractivity contribution is 7.28. The van der Waals surface area contributed by atoms with Crippen molar-refractivity contribution < 1.29 is 50.0 Å². The van der Waals surface area contributed by atoms with Crippen LogP contribution in [0.5, 0.6) is 46.0 Å². The van der Waals surface area contributed by atoms with Crippen LogP contribution in [0.2, 0.25) is 0 Å². The first-order valence-corrected chi connectivity index (χ1v) is 20.4. The van der Waals surface area contributed by atoms with Crippen LogP contribution in [0.15, 0.2) is 100 Å². The van der Waals surface area contributed by atoms with E-state index in [4.69, 9.17) is 24.1 Å². The minimum absolute atomic E-state index is 0.0222. The third-order valence-corrected chi connectivity index (χ3v) is 13.0. The van der Waals surface area contributed by atoms with Crippen LogP contribution >= 0.6 is 11.3 Å². The van der Waals surface area contributed by atoms with Crippen molar-refractivity contribution in [1.29, 1.82) is 0 Å². The van der Waals surface area contributed by atoms with Gasteiger partial charge in [-0.2, -0.15) is 0 Å². The molecule has 0 atom stereocenters. The average molecular weight is 849 g/mol. The number of thiophene rings is 1. The molecule has 3 heterocycles. The van der Waals surface area contributed by atoms with Gasteiger partial charge in [-0.3, -0.25) is 9.15 Å². The summed E-state index contributed by atoms with van der Waals surface area (Å²) in [6.07, 6.45) is 0. The molecule has 304 valence electrons. The number of benzene rings is 7. The van der Waals surface area contributed by atoms with Gasteiger partial charge in [-0.15, -0.1) is 11.3 Å². The van der Waals surface area contributed by atoms with E-state index >= 15 is 0 Å². The van der Waals surface area contributed by atoms with E-state index in [1.54, 1.807) is 40.0 Å². The quantitative estimate of drug-likeness (QED) is 0.0551. The Bertz CT molecular complexity index is 3650. The molecule has 0 unspecified atom stereocenters. The topological polar surface area (TPSA) is 227 Å². The molecular weight excluding hydrogens is 818 g/mol. The second-order valence-corrected chi connectivity index (χ2v) is 16.4. The van der Waals surface area contributed by atoms with Gasteiger partial charge in [0, 0.05) is 47.5 Å². The van der Waals surface area contributed by atoms with Crippen molar-refractivity contribution in [3.05, 3.63) is 91.0 Å². The van der Waals surface area contributed by atoms with E-state index in [0.717, 1.165) is 28.5 Å². The molecule has 3 aromatic heterocycles.